The van der Waals surface area contributed by atoms with E-state index in [2.05, 4.69) is 15.1 Å². The molecule has 0 bridgehead atoms. The van der Waals surface area contributed by atoms with E-state index >= 15 is 0 Å². The van der Waals surface area contributed by atoms with E-state index in [-0.39, 0.29) is 23.2 Å². The fourth-order valence-electron chi connectivity index (χ4n) is 2.37. The lowest BCUT2D eigenvalue weighted by molar-refractivity contribution is -0.387. The van der Waals surface area contributed by atoms with Crippen LogP contribution < -0.4 is 5.56 Å². The van der Waals surface area contributed by atoms with Crippen LogP contribution in [0.3, 0.4) is 0 Å². The maximum Gasteiger partial charge on any atom is 0.355 e. The number of hydrogen-bond acceptors (Lipinski definition) is 8. The molecule has 11 nitrogen and oxygen atoms in total. The topological polar surface area (TPSA) is 142 Å². The van der Waals surface area contributed by atoms with E-state index in [4.69, 9.17) is 11.6 Å². The Labute approximate surface area is 151 Å². The smallest absolute Gasteiger partial charge is 0.303 e. The van der Waals surface area contributed by atoms with Gasteiger partial charge in [-0.3, -0.25) is 14.9 Å². The molecule has 0 aromatic carbocycles. The summed E-state index contributed by atoms with van der Waals surface area (Å²) in [6.07, 6.45) is 2.33. The van der Waals surface area contributed by atoms with Gasteiger partial charge in [0, 0.05) is 12.5 Å². The second-order valence-electron chi connectivity index (χ2n) is 5.45. The summed E-state index contributed by atoms with van der Waals surface area (Å²) in [5, 5.41) is 14.6. The number of aromatic nitrogens is 5. The highest BCUT2D eigenvalue weighted by Gasteiger charge is 2.27. The Balaban J connectivity index is 2.35. The van der Waals surface area contributed by atoms with Crippen molar-refractivity contribution in [3.63, 3.8) is 0 Å². The minimum atomic E-state index is -3.82. The third-order valence-electron chi connectivity index (χ3n) is 3.60. The van der Waals surface area contributed by atoms with E-state index in [1.54, 1.807) is 6.07 Å². The Morgan fingerprint density at radius 1 is 1.35 bits per heavy atom. The molecule has 0 N–H and O–H groups in total. The molecule has 3 aromatic rings. The molecule has 0 saturated heterocycles. The Morgan fingerprint density at radius 2 is 2.04 bits per heavy atom. The first-order chi connectivity index (χ1) is 12.1. The van der Waals surface area contributed by atoms with Crippen LogP contribution in [-0.4, -0.2) is 43.7 Å². The zero-order chi connectivity index (χ0) is 19.2. The van der Waals surface area contributed by atoms with Gasteiger partial charge in [0.1, 0.15) is 10.8 Å². The summed E-state index contributed by atoms with van der Waals surface area (Å²) in [7, 11) is -3.82. The second-order valence-corrected chi connectivity index (χ2v) is 7.75. The van der Waals surface area contributed by atoms with Crippen molar-refractivity contribution >= 4 is 32.9 Å². The minimum absolute atomic E-state index is 0.00917. The first kappa shape index (κ1) is 17.9. The Kier molecular flexibility index (Phi) is 4.24. The molecular weight excluding hydrogens is 388 g/mol. The summed E-state index contributed by atoms with van der Waals surface area (Å²) in [6.45, 7) is 1.42. The number of halogens is 1. The molecule has 0 atom stereocenters. The molecule has 3 rings (SSSR count). The number of sulfone groups is 1. The van der Waals surface area contributed by atoms with Crippen LogP contribution >= 0.6 is 11.6 Å². The molecule has 0 aliphatic carbocycles. The molecule has 136 valence electrons. The summed E-state index contributed by atoms with van der Waals surface area (Å²) >= 11 is 5.74. The van der Waals surface area contributed by atoms with Crippen molar-refractivity contribution in [1.82, 2.24) is 24.1 Å². The lowest BCUT2D eigenvalue weighted by atomic mass is 10.2. The molecule has 0 fully saturated rings. The molecule has 0 amide bonds. The van der Waals surface area contributed by atoms with E-state index in [0.717, 1.165) is 6.26 Å². The van der Waals surface area contributed by atoms with E-state index in [9.17, 15) is 23.3 Å². The third kappa shape index (κ3) is 3.04. The van der Waals surface area contributed by atoms with E-state index in [0.29, 0.717) is 10.1 Å². The Morgan fingerprint density at radius 3 is 2.58 bits per heavy atom. The summed E-state index contributed by atoms with van der Waals surface area (Å²) in [5.74, 6) is -0.131. The predicted octanol–water partition coefficient (Wildman–Crippen LogP) is 0.608. The highest BCUT2D eigenvalue weighted by molar-refractivity contribution is 7.90. The fraction of sp³-hybridized carbons (Fsp3) is 0.231. The average Bonchev–Trinajstić information content (AvgIpc) is 2.99. The van der Waals surface area contributed by atoms with Gasteiger partial charge in [-0.1, -0.05) is 17.7 Å². The van der Waals surface area contributed by atoms with Crippen LogP contribution in [0.15, 0.2) is 28.3 Å². The van der Waals surface area contributed by atoms with Gasteiger partial charge < -0.3 is 4.57 Å². The van der Waals surface area contributed by atoms with Crippen LogP contribution in [0, 0.1) is 17.0 Å². The largest absolute Gasteiger partial charge is 0.355 e. The van der Waals surface area contributed by atoms with Crippen molar-refractivity contribution in [2.24, 2.45) is 0 Å². The van der Waals surface area contributed by atoms with Crippen LogP contribution in [0.4, 0.5) is 5.69 Å². The molecule has 13 heteroatoms. The monoisotopic (exact) mass is 398 g/mol. The van der Waals surface area contributed by atoms with Gasteiger partial charge in [0.05, 0.1) is 11.5 Å². The molecule has 0 saturated carbocycles. The molecule has 26 heavy (non-hydrogen) atoms. The van der Waals surface area contributed by atoms with Gasteiger partial charge in [-0.25, -0.2) is 13.4 Å². The zero-order valence-electron chi connectivity index (χ0n) is 13.4. The first-order valence-corrected chi connectivity index (χ1v) is 9.31. The Bertz CT molecular complexity index is 1200. The van der Waals surface area contributed by atoms with Crippen LogP contribution in [0.1, 0.15) is 11.3 Å². The van der Waals surface area contributed by atoms with E-state index < -0.39 is 31.2 Å². The van der Waals surface area contributed by atoms with Crippen molar-refractivity contribution in [3.05, 3.63) is 55.2 Å². The Hall–Kier alpha value is -2.86. The molecule has 0 radical (unpaired) electrons. The maximum atomic E-state index is 12.4. The van der Waals surface area contributed by atoms with E-state index in [1.165, 1.54) is 23.8 Å². The summed E-state index contributed by atoms with van der Waals surface area (Å²) < 4.78 is 25.4. The van der Waals surface area contributed by atoms with Gasteiger partial charge in [-0.2, -0.15) is 9.50 Å². The van der Waals surface area contributed by atoms with Gasteiger partial charge in [-0.05, 0) is 18.6 Å². The van der Waals surface area contributed by atoms with Crippen LogP contribution in [0.25, 0.3) is 5.78 Å². The highest BCUT2D eigenvalue weighted by atomic mass is 35.5. The van der Waals surface area contributed by atoms with Crippen molar-refractivity contribution in [1.29, 1.82) is 0 Å². The van der Waals surface area contributed by atoms with Crippen molar-refractivity contribution < 1.29 is 13.3 Å². The third-order valence-corrected chi connectivity index (χ3v) is 4.66. The highest BCUT2D eigenvalue weighted by Crippen LogP contribution is 2.18. The molecule has 0 aliphatic rings. The van der Waals surface area contributed by atoms with Gasteiger partial charge in [-0.15, -0.1) is 5.10 Å². The van der Waals surface area contributed by atoms with Gasteiger partial charge in [0.25, 0.3) is 5.16 Å². The zero-order valence-corrected chi connectivity index (χ0v) is 15.0. The summed E-state index contributed by atoms with van der Waals surface area (Å²) in [4.78, 5) is 30.6. The number of pyridine rings is 1. The maximum absolute atomic E-state index is 12.4. The predicted molar refractivity (Wildman–Crippen MR) is 90.1 cm³/mol. The minimum Gasteiger partial charge on any atom is -0.303 e. The van der Waals surface area contributed by atoms with Crippen molar-refractivity contribution in [2.75, 3.05) is 6.26 Å². The van der Waals surface area contributed by atoms with Crippen molar-refractivity contribution in [3.8, 4) is 0 Å². The average molecular weight is 399 g/mol. The van der Waals surface area contributed by atoms with Gasteiger partial charge in [0.15, 0.2) is 0 Å². The van der Waals surface area contributed by atoms with Gasteiger partial charge >= 0.3 is 11.2 Å². The normalized spacial score (nSPS) is 11.8. The fourth-order valence-corrected chi connectivity index (χ4v) is 2.96. The lowest BCUT2D eigenvalue weighted by Gasteiger charge is -2.11. The molecule has 0 aliphatic heterocycles. The lowest BCUT2D eigenvalue weighted by Crippen LogP contribution is -2.25. The van der Waals surface area contributed by atoms with E-state index in [1.807, 2.05) is 0 Å². The SMILES string of the molecule is Cc1c([N+](=O)[O-])c(=O)n2nc(S(C)(=O)=O)nc2n1Cc1ccc(Cl)nc1. The van der Waals surface area contributed by atoms with Crippen molar-refractivity contribution in [2.45, 2.75) is 18.6 Å². The second kappa shape index (κ2) is 6.14. The number of nitrogens with zero attached hydrogens (tertiary/aromatic N) is 6. The van der Waals surface area contributed by atoms with Crippen LogP contribution in [0.2, 0.25) is 5.15 Å². The first-order valence-electron chi connectivity index (χ1n) is 7.04. The summed E-state index contributed by atoms with van der Waals surface area (Å²) in [6, 6.07) is 3.18. The van der Waals surface area contributed by atoms with Crippen LogP contribution in [0.5, 0.6) is 0 Å². The van der Waals surface area contributed by atoms with Gasteiger partial charge in [0.2, 0.25) is 15.6 Å². The number of nitro groups is 1. The molecule has 0 unspecified atom stereocenters. The number of rotatable bonds is 4. The van der Waals surface area contributed by atoms with Crippen LogP contribution in [-0.2, 0) is 16.4 Å². The molecule has 3 heterocycles. The molecule has 0 spiro atoms. The standard InChI is InChI=1S/C13H11ClN6O5S/c1-7-10(20(22)23)11(21)19-13(16-12(17-19)26(2,24)25)18(7)6-8-3-4-9(14)15-5-8/h3-5H,6H2,1-2H3. The molecular formula is C13H11ClN6O5S. The molecule has 3 aromatic heterocycles. The number of hydrogen-bond donors (Lipinski definition) is 0. The number of fused-ring (bicyclic) bond motifs is 1. The quantitative estimate of drug-likeness (QED) is 0.353. The summed E-state index contributed by atoms with van der Waals surface area (Å²) in [5.41, 5.74) is -1.16.